The molecule has 0 N–H and O–H groups in total. The minimum atomic E-state index is -1.14. The van der Waals surface area contributed by atoms with Crippen molar-refractivity contribution in [3.05, 3.63) is 0 Å². The Labute approximate surface area is 97.9 Å². The molecule has 1 rings (SSSR count). The highest BCUT2D eigenvalue weighted by Crippen LogP contribution is 2.57. The first-order valence-electron chi connectivity index (χ1n) is 6.71. The van der Waals surface area contributed by atoms with Crippen molar-refractivity contribution < 1.29 is 0 Å². The Morgan fingerprint density at radius 3 is 1.20 bits per heavy atom. The van der Waals surface area contributed by atoms with Gasteiger partial charge in [-0.25, -0.2) is 0 Å². The molecule has 1 heteroatoms. The highest BCUT2D eigenvalue weighted by molar-refractivity contribution is 6.85. The largest absolute Gasteiger partial charge is 0.0643 e. The van der Waals surface area contributed by atoms with Crippen molar-refractivity contribution in [3.8, 4) is 0 Å². The zero-order chi connectivity index (χ0) is 11.7. The third-order valence-electron chi connectivity index (χ3n) is 4.83. The quantitative estimate of drug-likeness (QED) is 0.471. The number of hydrogen-bond acceptors (Lipinski definition) is 0. The molecule has 0 aromatic carbocycles. The van der Waals surface area contributed by atoms with Crippen LogP contribution in [-0.4, -0.2) is 8.07 Å². The molecule has 0 atom stereocenters. The molecule has 1 aliphatic rings. The molecule has 90 valence electrons. The van der Waals surface area contributed by atoms with Crippen LogP contribution < -0.4 is 0 Å². The average Bonchev–Trinajstić information content (AvgIpc) is 2.25. The summed E-state index contributed by atoms with van der Waals surface area (Å²) in [5.74, 6) is 0. The third-order valence-corrected chi connectivity index (χ3v) is 13.0. The van der Waals surface area contributed by atoms with Gasteiger partial charge in [0.1, 0.15) is 0 Å². The van der Waals surface area contributed by atoms with Crippen LogP contribution in [0.1, 0.15) is 67.2 Å². The molecule has 1 aliphatic heterocycles. The van der Waals surface area contributed by atoms with Crippen LogP contribution in [-0.2, 0) is 0 Å². The molecular formula is C14H30Si. The fourth-order valence-corrected chi connectivity index (χ4v) is 11.2. The molecule has 0 unspecified atom stereocenters. The van der Waals surface area contributed by atoms with Crippen molar-refractivity contribution in [2.75, 3.05) is 0 Å². The summed E-state index contributed by atoms with van der Waals surface area (Å²) in [6, 6.07) is 3.14. The Hall–Kier alpha value is 0.217. The van der Waals surface area contributed by atoms with Gasteiger partial charge in [0.2, 0.25) is 0 Å². The molecule has 0 saturated carbocycles. The predicted octanol–water partition coefficient (Wildman–Crippen LogP) is 5.61. The van der Waals surface area contributed by atoms with Gasteiger partial charge in [0.25, 0.3) is 0 Å². The van der Waals surface area contributed by atoms with E-state index >= 15 is 0 Å². The van der Waals surface area contributed by atoms with E-state index in [1.165, 1.54) is 25.7 Å². The van der Waals surface area contributed by atoms with Gasteiger partial charge < -0.3 is 0 Å². The lowest BCUT2D eigenvalue weighted by atomic mass is 10.2. The first-order valence-corrected chi connectivity index (χ1v) is 9.12. The Morgan fingerprint density at radius 1 is 0.600 bits per heavy atom. The maximum absolute atomic E-state index is 2.51. The minimum absolute atomic E-state index is 0.579. The van der Waals surface area contributed by atoms with E-state index in [1.54, 1.807) is 12.1 Å². The Kier molecular flexibility index (Phi) is 3.75. The lowest BCUT2D eigenvalue weighted by molar-refractivity contribution is 0.596. The Balaban J connectivity index is 3.05. The van der Waals surface area contributed by atoms with E-state index in [2.05, 4.69) is 41.5 Å². The molecule has 0 amide bonds. The van der Waals surface area contributed by atoms with Crippen molar-refractivity contribution in [2.45, 2.75) is 89.4 Å². The van der Waals surface area contributed by atoms with Gasteiger partial charge in [-0.3, -0.25) is 0 Å². The molecule has 0 aromatic heterocycles. The average molecular weight is 226 g/mol. The van der Waals surface area contributed by atoms with E-state index in [1.807, 2.05) is 0 Å². The Morgan fingerprint density at radius 2 is 0.933 bits per heavy atom. The van der Waals surface area contributed by atoms with Crippen molar-refractivity contribution in [1.82, 2.24) is 0 Å². The summed E-state index contributed by atoms with van der Waals surface area (Å²) in [7, 11) is -1.14. The molecule has 0 aromatic rings. The molecule has 0 spiro atoms. The molecule has 1 heterocycles. The molecular weight excluding hydrogens is 196 g/mol. The second-order valence-electron chi connectivity index (χ2n) is 7.50. The summed E-state index contributed by atoms with van der Waals surface area (Å²) >= 11 is 0. The van der Waals surface area contributed by atoms with Crippen molar-refractivity contribution >= 4 is 8.07 Å². The summed E-state index contributed by atoms with van der Waals surface area (Å²) in [5, 5.41) is 1.16. The van der Waals surface area contributed by atoms with E-state index < -0.39 is 8.07 Å². The zero-order valence-electron chi connectivity index (χ0n) is 11.7. The summed E-state index contributed by atoms with van der Waals surface area (Å²) in [5.41, 5.74) is 0. The smallest absolute Gasteiger partial charge is 0.0625 e. The van der Waals surface area contributed by atoms with Gasteiger partial charge in [-0.1, -0.05) is 79.3 Å². The van der Waals surface area contributed by atoms with Gasteiger partial charge >= 0.3 is 0 Å². The van der Waals surface area contributed by atoms with E-state index in [-0.39, 0.29) is 0 Å². The molecule has 0 aliphatic carbocycles. The normalized spacial score (nSPS) is 23.6. The standard InChI is InChI=1S/C14H30Si/c1-13(2,3)15(14(4,5)6)11-9-7-8-10-12-15/h7-12H2,1-6H3. The first kappa shape index (κ1) is 13.3. The van der Waals surface area contributed by atoms with Crippen molar-refractivity contribution in [3.63, 3.8) is 0 Å². The van der Waals surface area contributed by atoms with E-state index in [0.717, 1.165) is 0 Å². The monoisotopic (exact) mass is 226 g/mol. The van der Waals surface area contributed by atoms with Crippen molar-refractivity contribution in [1.29, 1.82) is 0 Å². The van der Waals surface area contributed by atoms with Gasteiger partial charge in [-0.05, 0) is 10.1 Å². The SMILES string of the molecule is CC(C)(C)[Si]1(C(C)(C)C)CCCCCC1. The van der Waals surface area contributed by atoms with Gasteiger partial charge in [0.05, 0.1) is 8.07 Å². The summed E-state index contributed by atoms with van der Waals surface area (Å²) < 4.78 is 0. The summed E-state index contributed by atoms with van der Waals surface area (Å²) in [4.78, 5) is 0. The van der Waals surface area contributed by atoms with Crippen LogP contribution >= 0.6 is 0 Å². The van der Waals surface area contributed by atoms with Crippen LogP contribution in [0.15, 0.2) is 0 Å². The maximum Gasteiger partial charge on any atom is 0.0643 e. The van der Waals surface area contributed by atoms with Crippen LogP contribution in [0.3, 0.4) is 0 Å². The second-order valence-corrected chi connectivity index (χ2v) is 13.7. The molecule has 1 saturated heterocycles. The van der Waals surface area contributed by atoms with Gasteiger partial charge in [-0.2, -0.15) is 0 Å². The van der Waals surface area contributed by atoms with Gasteiger partial charge in [0.15, 0.2) is 0 Å². The van der Waals surface area contributed by atoms with Crippen LogP contribution in [0.4, 0.5) is 0 Å². The highest BCUT2D eigenvalue weighted by Gasteiger charge is 2.51. The van der Waals surface area contributed by atoms with Crippen LogP contribution in [0, 0.1) is 0 Å². The lowest BCUT2D eigenvalue weighted by Gasteiger charge is -2.52. The van der Waals surface area contributed by atoms with Crippen LogP contribution in [0.25, 0.3) is 0 Å². The summed E-state index contributed by atoms with van der Waals surface area (Å²) in [6.07, 6.45) is 5.98. The lowest BCUT2D eigenvalue weighted by Crippen LogP contribution is -2.51. The second kappa shape index (κ2) is 4.23. The third kappa shape index (κ3) is 2.49. The maximum atomic E-state index is 2.51. The topological polar surface area (TPSA) is 0 Å². The summed E-state index contributed by atoms with van der Waals surface area (Å²) in [6.45, 7) is 15.1. The van der Waals surface area contributed by atoms with Crippen molar-refractivity contribution in [2.24, 2.45) is 0 Å². The van der Waals surface area contributed by atoms with E-state index in [0.29, 0.717) is 10.1 Å². The minimum Gasteiger partial charge on any atom is -0.0625 e. The fraction of sp³-hybridized carbons (Fsp3) is 1.00. The molecule has 15 heavy (non-hydrogen) atoms. The number of hydrogen-bond donors (Lipinski definition) is 0. The van der Waals surface area contributed by atoms with Crippen LogP contribution in [0.2, 0.25) is 22.2 Å². The fourth-order valence-electron chi connectivity index (χ4n) is 3.96. The van der Waals surface area contributed by atoms with E-state index in [4.69, 9.17) is 0 Å². The van der Waals surface area contributed by atoms with Gasteiger partial charge in [0, 0.05) is 0 Å². The highest BCUT2D eigenvalue weighted by atomic mass is 28.3. The van der Waals surface area contributed by atoms with E-state index in [9.17, 15) is 0 Å². The van der Waals surface area contributed by atoms with Gasteiger partial charge in [-0.15, -0.1) is 0 Å². The zero-order valence-corrected chi connectivity index (χ0v) is 12.7. The molecule has 1 fully saturated rings. The molecule has 0 bridgehead atoms. The molecule has 0 radical (unpaired) electrons. The Bertz CT molecular complexity index is 180. The molecule has 0 nitrogen and oxygen atoms in total. The number of rotatable bonds is 0. The first-order chi connectivity index (χ1) is 6.71. The van der Waals surface area contributed by atoms with Crippen LogP contribution in [0.5, 0.6) is 0 Å². The predicted molar refractivity (Wildman–Crippen MR) is 73.3 cm³/mol.